The molecule has 0 atom stereocenters. The van der Waals surface area contributed by atoms with E-state index in [9.17, 15) is 0 Å². The van der Waals surface area contributed by atoms with Crippen molar-refractivity contribution in [3.05, 3.63) is 36.0 Å². The summed E-state index contributed by atoms with van der Waals surface area (Å²) < 4.78 is 0. The molecular weight excluding hydrogens is 176 g/mol. The summed E-state index contributed by atoms with van der Waals surface area (Å²) in [6.45, 7) is 3.80. The Hall–Kier alpha value is -1.84. The molecule has 0 spiro atoms. The number of aryl methyl sites for hydroxylation is 2. The number of hydrogen-bond donors (Lipinski definition) is 0. The number of rotatable bonds is 1. The summed E-state index contributed by atoms with van der Waals surface area (Å²) in [5.41, 5.74) is 1.79. The first-order valence-electron chi connectivity index (χ1n) is 4.35. The smallest absolute Gasteiger partial charge is 0.178 e. The third-order valence-corrected chi connectivity index (χ3v) is 1.87. The first-order chi connectivity index (χ1) is 6.77. The fraction of sp³-hybridized carbons (Fsp3) is 0.200. The van der Waals surface area contributed by atoms with Gasteiger partial charge in [-0.25, -0.2) is 19.9 Å². The lowest BCUT2D eigenvalue weighted by Gasteiger charge is -2.02. The Morgan fingerprint density at radius 2 is 1.71 bits per heavy atom. The molecule has 0 aliphatic heterocycles. The van der Waals surface area contributed by atoms with Gasteiger partial charge in [-0.15, -0.1) is 0 Å². The molecule has 2 aromatic heterocycles. The first-order valence-corrected chi connectivity index (χ1v) is 4.35. The summed E-state index contributed by atoms with van der Waals surface area (Å²) in [5.74, 6) is 1.38. The molecule has 0 aliphatic carbocycles. The molecule has 0 bridgehead atoms. The Bertz CT molecular complexity index is 439. The molecule has 0 fully saturated rings. The van der Waals surface area contributed by atoms with E-state index in [1.165, 1.54) is 0 Å². The van der Waals surface area contributed by atoms with Crippen LogP contribution in [0.2, 0.25) is 0 Å². The minimum Gasteiger partial charge on any atom is -0.241 e. The predicted molar refractivity (Wildman–Crippen MR) is 52.5 cm³/mol. The Balaban J connectivity index is 2.57. The predicted octanol–water partition coefficient (Wildman–Crippen LogP) is 1.55. The third-order valence-electron chi connectivity index (χ3n) is 1.87. The molecule has 0 unspecified atom stereocenters. The Kier molecular flexibility index (Phi) is 2.18. The summed E-state index contributed by atoms with van der Waals surface area (Å²) in [6, 6.07) is 1.78. The molecule has 0 aromatic carbocycles. The van der Waals surface area contributed by atoms with Gasteiger partial charge in [-0.2, -0.15) is 0 Å². The van der Waals surface area contributed by atoms with Crippen LogP contribution in [0.1, 0.15) is 11.4 Å². The van der Waals surface area contributed by atoms with Crippen LogP contribution in [-0.4, -0.2) is 19.9 Å². The van der Waals surface area contributed by atoms with Crippen molar-refractivity contribution in [2.75, 3.05) is 0 Å². The topological polar surface area (TPSA) is 51.6 Å². The average Bonchev–Trinajstić information content (AvgIpc) is 2.23. The monoisotopic (exact) mass is 186 g/mol. The van der Waals surface area contributed by atoms with Crippen molar-refractivity contribution in [3.8, 4) is 11.5 Å². The molecule has 0 N–H and O–H groups in total. The summed E-state index contributed by atoms with van der Waals surface area (Å²) in [4.78, 5) is 16.7. The zero-order valence-corrected chi connectivity index (χ0v) is 8.10. The largest absolute Gasteiger partial charge is 0.241 e. The highest BCUT2D eigenvalue weighted by Crippen LogP contribution is 2.14. The number of hydrogen-bond acceptors (Lipinski definition) is 4. The van der Waals surface area contributed by atoms with Crippen molar-refractivity contribution in [2.45, 2.75) is 13.8 Å². The molecule has 2 heterocycles. The second-order valence-electron chi connectivity index (χ2n) is 3.02. The maximum Gasteiger partial charge on any atom is 0.178 e. The van der Waals surface area contributed by atoms with Gasteiger partial charge >= 0.3 is 0 Å². The van der Waals surface area contributed by atoms with Gasteiger partial charge in [0.05, 0.1) is 0 Å². The second kappa shape index (κ2) is 3.49. The zero-order chi connectivity index (χ0) is 9.97. The fourth-order valence-corrected chi connectivity index (χ4v) is 1.18. The minimum atomic E-state index is 0.649. The van der Waals surface area contributed by atoms with E-state index in [1.807, 2.05) is 13.8 Å². The molecule has 0 radical (unpaired) electrons. The van der Waals surface area contributed by atoms with Crippen LogP contribution in [0.15, 0.2) is 24.7 Å². The number of nitrogens with zero attached hydrogens (tertiary/aromatic N) is 4. The van der Waals surface area contributed by atoms with Gasteiger partial charge in [0.15, 0.2) is 5.82 Å². The van der Waals surface area contributed by atoms with Crippen molar-refractivity contribution >= 4 is 0 Å². The van der Waals surface area contributed by atoms with Crippen LogP contribution in [0, 0.1) is 13.8 Å². The SMILES string of the molecule is Cc1ncc(C)c(-c2ncccn2)n1. The average molecular weight is 186 g/mol. The molecule has 14 heavy (non-hydrogen) atoms. The number of aromatic nitrogens is 4. The lowest BCUT2D eigenvalue weighted by molar-refractivity contribution is 1.01. The van der Waals surface area contributed by atoms with Gasteiger partial charge < -0.3 is 0 Å². The van der Waals surface area contributed by atoms with E-state index in [0.717, 1.165) is 17.1 Å². The van der Waals surface area contributed by atoms with Crippen molar-refractivity contribution in [2.24, 2.45) is 0 Å². The van der Waals surface area contributed by atoms with E-state index in [4.69, 9.17) is 0 Å². The normalized spacial score (nSPS) is 10.1. The van der Waals surface area contributed by atoms with Crippen molar-refractivity contribution in [1.29, 1.82) is 0 Å². The maximum atomic E-state index is 4.31. The van der Waals surface area contributed by atoms with E-state index < -0.39 is 0 Å². The molecular formula is C10H10N4. The molecule has 0 amide bonds. The molecule has 0 saturated carbocycles. The summed E-state index contributed by atoms with van der Waals surface area (Å²) in [6.07, 6.45) is 5.20. The Labute approximate surface area is 82.1 Å². The molecule has 2 aromatic rings. The van der Waals surface area contributed by atoms with Crippen LogP contribution in [0.5, 0.6) is 0 Å². The second-order valence-corrected chi connectivity index (χ2v) is 3.02. The van der Waals surface area contributed by atoms with E-state index in [2.05, 4.69) is 19.9 Å². The molecule has 4 nitrogen and oxygen atoms in total. The molecule has 4 heteroatoms. The highest BCUT2D eigenvalue weighted by molar-refractivity contribution is 5.52. The van der Waals surface area contributed by atoms with E-state index in [1.54, 1.807) is 24.7 Å². The van der Waals surface area contributed by atoms with Crippen molar-refractivity contribution in [3.63, 3.8) is 0 Å². The Morgan fingerprint density at radius 1 is 1.00 bits per heavy atom. The molecule has 70 valence electrons. The van der Waals surface area contributed by atoms with Crippen LogP contribution in [-0.2, 0) is 0 Å². The molecule has 0 aliphatic rings. The summed E-state index contributed by atoms with van der Waals surface area (Å²) in [7, 11) is 0. The molecule has 0 saturated heterocycles. The first kappa shape index (κ1) is 8.74. The maximum absolute atomic E-state index is 4.31. The van der Waals surface area contributed by atoms with E-state index in [-0.39, 0.29) is 0 Å². The van der Waals surface area contributed by atoms with Gasteiger partial charge in [-0.1, -0.05) is 0 Å². The quantitative estimate of drug-likeness (QED) is 0.678. The van der Waals surface area contributed by atoms with Gasteiger partial charge in [0.2, 0.25) is 0 Å². The molecule has 2 rings (SSSR count). The fourth-order valence-electron chi connectivity index (χ4n) is 1.18. The van der Waals surface area contributed by atoms with Crippen LogP contribution in [0.25, 0.3) is 11.5 Å². The van der Waals surface area contributed by atoms with Crippen LogP contribution in [0.4, 0.5) is 0 Å². The third kappa shape index (κ3) is 1.59. The van der Waals surface area contributed by atoms with E-state index in [0.29, 0.717) is 5.82 Å². The van der Waals surface area contributed by atoms with Crippen molar-refractivity contribution < 1.29 is 0 Å². The Morgan fingerprint density at radius 3 is 2.43 bits per heavy atom. The minimum absolute atomic E-state index is 0.649. The summed E-state index contributed by atoms with van der Waals surface area (Å²) in [5, 5.41) is 0. The van der Waals surface area contributed by atoms with Crippen molar-refractivity contribution in [1.82, 2.24) is 19.9 Å². The highest BCUT2D eigenvalue weighted by atomic mass is 14.9. The van der Waals surface area contributed by atoms with Crippen LogP contribution in [0.3, 0.4) is 0 Å². The lowest BCUT2D eigenvalue weighted by Crippen LogP contribution is -1.97. The van der Waals surface area contributed by atoms with Crippen LogP contribution >= 0.6 is 0 Å². The summed E-state index contributed by atoms with van der Waals surface area (Å²) >= 11 is 0. The van der Waals surface area contributed by atoms with Gasteiger partial charge in [-0.3, -0.25) is 0 Å². The highest BCUT2D eigenvalue weighted by Gasteiger charge is 2.06. The zero-order valence-electron chi connectivity index (χ0n) is 8.10. The van der Waals surface area contributed by atoms with Gasteiger partial charge in [0.25, 0.3) is 0 Å². The van der Waals surface area contributed by atoms with Gasteiger partial charge in [0, 0.05) is 18.6 Å². The van der Waals surface area contributed by atoms with Gasteiger partial charge in [0.1, 0.15) is 11.5 Å². The van der Waals surface area contributed by atoms with Gasteiger partial charge in [-0.05, 0) is 25.5 Å². The van der Waals surface area contributed by atoms with E-state index >= 15 is 0 Å². The van der Waals surface area contributed by atoms with Crippen LogP contribution < -0.4 is 0 Å². The standard InChI is InChI=1S/C10H10N4/c1-7-6-13-8(2)14-9(7)10-11-4-3-5-12-10/h3-6H,1-2H3. The lowest BCUT2D eigenvalue weighted by atomic mass is 10.2.